The van der Waals surface area contributed by atoms with Crippen LogP contribution in [-0.4, -0.2) is 44.8 Å². The molecule has 2 aromatic rings. The van der Waals surface area contributed by atoms with Crippen LogP contribution < -0.4 is 25.0 Å². The lowest BCUT2D eigenvalue weighted by atomic mass is 9.99. The number of nitrogens with one attached hydrogen (secondary N) is 2. The van der Waals surface area contributed by atoms with Crippen molar-refractivity contribution in [2.24, 2.45) is 10.9 Å². The van der Waals surface area contributed by atoms with Gasteiger partial charge in [-0.2, -0.15) is 0 Å². The first-order valence-corrected chi connectivity index (χ1v) is 10.6. The van der Waals surface area contributed by atoms with Gasteiger partial charge in [0.2, 0.25) is 0 Å². The van der Waals surface area contributed by atoms with E-state index in [4.69, 9.17) is 9.47 Å². The van der Waals surface area contributed by atoms with Gasteiger partial charge in [-0.15, -0.1) is 0 Å². The van der Waals surface area contributed by atoms with E-state index in [0.717, 1.165) is 41.8 Å². The molecule has 0 atom stereocenters. The molecule has 0 unspecified atom stereocenters. The van der Waals surface area contributed by atoms with Crippen LogP contribution in [0.5, 0.6) is 11.5 Å². The van der Waals surface area contributed by atoms with Gasteiger partial charge in [-0.1, -0.05) is 13.0 Å². The Labute approximate surface area is 179 Å². The minimum absolute atomic E-state index is 0.593. The second-order valence-electron chi connectivity index (χ2n) is 7.54. The summed E-state index contributed by atoms with van der Waals surface area (Å²) in [5.74, 6) is 3.97. The first-order valence-electron chi connectivity index (χ1n) is 10.6. The molecule has 1 aromatic carbocycles. The Morgan fingerprint density at radius 2 is 2.00 bits per heavy atom. The molecule has 0 bridgehead atoms. The molecule has 1 fully saturated rings. The largest absolute Gasteiger partial charge is 0.493 e. The van der Waals surface area contributed by atoms with Gasteiger partial charge in [0.05, 0.1) is 13.7 Å². The Hall–Kier alpha value is -2.96. The highest BCUT2D eigenvalue weighted by Crippen LogP contribution is 2.30. The molecule has 30 heavy (non-hydrogen) atoms. The molecule has 0 amide bonds. The van der Waals surface area contributed by atoms with E-state index in [1.54, 1.807) is 14.2 Å². The predicted molar refractivity (Wildman–Crippen MR) is 123 cm³/mol. The smallest absolute Gasteiger partial charge is 0.195 e. The molecule has 162 valence electrons. The van der Waals surface area contributed by atoms with E-state index >= 15 is 0 Å². The molecule has 7 nitrogen and oxygen atoms in total. The van der Waals surface area contributed by atoms with Gasteiger partial charge in [0, 0.05) is 44.6 Å². The summed E-state index contributed by atoms with van der Waals surface area (Å²) in [5.41, 5.74) is 1.98. The highest BCUT2D eigenvalue weighted by atomic mass is 16.5. The molecule has 0 radical (unpaired) electrons. The fourth-order valence-electron chi connectivity index (χ4n) is 3.47. The number of aliphatic imine (C=N–C) groups is 1. The molecule has 2 N–H and O–H groups in total. The van der Waals surface area contributed by atoms with Gasteiger partial charge < -0.3 is 25.0 Å². The number of hydrogen-bond acceptors (Lipinski definition) is 5. The molecule has 1 aliphatic rings. The normalized spacial score (nSPS) is 15.1. The lowest BCUT2D eigenvalue weighted by molar-refractivity contribution is 0.311. The van der Waals surface area contributed by atoms with E-state index < -0.39 is 0 Å². The second-order valence-corrected chi connectivity index (χ2v) is 7.54. The van der Waals surface area contributed by atoms with Gasteiger partial charge in [0.1, 0.15) is 5.82 Å². The van der Waals surface area contributed by atoms with Crippen LogP contribution in [0.1, 0.15) is 32.3 Å². The van der Waals surface area contributed by atoms with Crippen LogP contribution in [0.3, 0.4) is 0 Å². The minimum atomic E-state index is 0.593. The maximum absolute atomic E-state index is 5.57. The number of ether oxygens (including phenoxy) is 2. The minimum Gasteiger partial charge on any atom is -0.493 e. The zero-order valence-electron chi connectivity index (χ0n) is 18.4. The summed E-state index contributed by atoms with van der Waals surface area (Å²) < 4.78 is 11.0. The van der Waals surface area contributed by atoms with Crippen molar-refractivity contribution in [3.63, 3.8) is 0 Å². The van der Waals surface area contributed by atoms with Crippen LogP contribution in [0, 0.1) is 5.92 Å². The van der Waals surface area contributed by atoms with Crippen LogP contribution in [0.4, 0.5) is 11.5 Å². The maximum Gasteiger partial charge on any atom is 0.195 e. The van der Waals surface area contributed by atoms with Crippen LogP contribution in [0.2, 0.25) is 0 Å². The number of anilines is 2. The van der Waals surface area contributed by atoms with Crippen molar-refractivity contribution in [3.05, 3.63) is 42.1 Å². The SMILES string of the molecule is CCOc1ccc(NC(=NC)NCc2ccc(N3CCC(C)CC3)nc2)cc1OC. The number of aromatic nitrogens is 1. The summed E-state index contributed by atoms with van der Waals surface area (Å²) in [7, 11) is 3.38. The summed E-state index contributed by atoms with van der Waals surface area (Å²) in [5, 5.41) is 6.61. The summed E-state index contributed by atoms with van der Waals surface area (Å²) in [4.78, 5) is 11.3. The summed E-state index contributed by atoms with van der Waals surface area (Å²) in [6.45, 7) is 7.69. The average molecular weight is 412 g/mol. The molecule has 0 spiro atoms. The van der Waals surface area contributed by atoms with Crippen LogP contribution in [-0.2, 0) is 6.54 Å². The van der Waals surface area contributed by atoms with Crippen molar-refractivity contribution in [2.75, 3.05) is 44.1 Å². The lowest BCUT2D eigenvalue weighted by Gasteiger charge is -2.31. The van der Waals surface area contributed by atoms with E-state index in [-0.39, 0.29) is 0 Å². The Morgan fingerprint density at radius 3 is 2.63 bits per heavy atom. The van der Waals surface area contributed by atoms with Crippen molar-refractivity contribution >= 4 is 17.5 Å². The fourth-order valence-corrected chi connectivity index (χ4v) is 3.47. The van der Waals surface area contributed by atoms with Gasteiger partial charge >= 0.3 is 0 Å². The van der Waals surface area contributed by atoms with Crippen molar-refractivity contribution in [1.29, 1.82) is 0 Å². The van der Waals surface area contributed by atoms with Gasteiger partial charge in [0.25, 0.3) is 0 Å². The molecule has 2 heterocycles. The van der Waals surface area contributed by atoms with Gasteiger partial charge in [0.15, 0.2) is 17.5 Å². The van der Waals surface area contributed by atoms with E-state index in [1.807, 2.05) is 31.3 Å². The predicted octanol–water partition coefficient (Wildman–Crippen LogP) is 3.91. The summed E-state index contributed by atoms with van der Waals surface area (Å²) >= 11 is 0. The molecular formula is C23H33N5O2. The van der Waals surface area contributed by atoms with E-state index in [0.29, 0.717) is 24.9 Å². The highest BCUT2D eigenvalue weighted by molar-refractivity contribution is 5.93. The number of guanidine groups is 1. The Balaban J connectivity index is 1.55. The third-order valence-electron chi connectivity index (χ3n) is 5.33. The van der Waals surface area contributed by atoms with Crippen LogP contribution >= 0.6 is 0 Å². The molecule has 0 aliphatic carbocycles. The number of methoxy groups -OCH3 is 1. The quantitative estimate of drug-likeness (QED) is 0.532. The first kappa shape index (κ1) is 21.7. The molecule has 1 saturated heterocycles. The zero-order chi connectivity index (χ0) is 21.3. The van der Waals surface area contributed by atoms with Crippen molar-refractivity contribution < 1.29 is 9.47 Å². The Bertz CT molecular complexity index is 830. The molecule has 1 aliphatic heterocycles. The third-order valence-corrected chi connectivity index (χ3v) is 5.33. The van der Waals surface area contributed by atoms with Crippen molar-refractivity contribution in [1.82, 2.24) is 10.3 Å². The average Bonchev–Trinajstić information content (AvgIpc) is 2.78. The first-order chi connectivity index (χ1) is 14.6. The van der Waals surface area contributed by atoms with Crippen molar-refractivity contribution in [2.45, 2.75) is 33.2 Å². The molecule has 0 saturated carbocycles. The Morgan fingerprint density at radius 1 is 1.20 bits per heavy atom. The number of benzene rings is 1. The summed E-state index contributed by atoms with van der Waals surface area (Å²) in [6.07, 6.45) is 4.42. The zero-order valence-corrected chi connectivity index (χ0v) is 18.4. The molecule has 1 aromatic heterocycles. The van der Waals surface area contributed by atoms with Gasteiger partial charge in [-0.3, -0.25) is 4.99 Å². The monoisotopic (exact) mass is 411 g/mol. The number of hydrogen-bond donors (Lipinski definition) is 2. The topological polar surface area (TPSA) is 71.0 Å². The highest BCUT2D eigenvalue weighted by Gasteiger charge is 2.16. The third kappa shape index (κ3) is 5.78. The Kier molecular flexibility index (Phi) is 7.76. The van der Waals surface area contributed by atoms with E-state index in [1.165, 1.54) is 12.8 Å². The maximum atomic E-state index is 5.57. The van der Waals surface area contributed by atoms with E-state index in [2.05, 4.69) is 44.6 Å². The second kappa shape index (κ2) is 10.7. The van der Waals surface area contributed by atoms with Crippen LogP contribution in [0.25, 0.3) is 0 Å². The number of rotatable bonds is 7. The number of nitrogens with zero attached hydrogens (tertiary/aromatic N) is 3. The lowest BCUT2D eigenvalue weighted by Crippen LogP contribution is -2.33. The van der Waals surface area contributed by atoms with Gasteiger partial charge in [-0.25, -0.2) is 4.98 Å². The van der Waals surface area contributed by atoms with E-state index in [9.17, 15) is 0 Å². The van der Waals surface area contributed by atoms with Crippen molar-refractivity contribution in [3.8, 4) is 11.5 Å². The molecular weight excluding hydrogens is 378 g/mol. The summed E-state index contributed by atoms with van der Waals surface area (Å²) in [6, 6.07) is 9.97. The standard InChI is InChI=1S/C23H33N5O2/c1-5-30-20-8-7-19(14-21(20)29-4)27-23(24-3)26-16-18-6-9-22(25-15-18)28-12-10-17(2)11-13-28/h6-9,14-15,17H,5,10-13,16H2,1-4H3,(H2,24,26,27). The van der Waals surface area contributed by atoms with Crippen LogP contribution in [0.15, 0.2) is 41.5 Å². The molecule has 7 heteroatoms. The van der Waals surface area contributed by atoms with Gasteiger partial charge in [-0.05, 0) is 49.4 Å². The fraction of sp³-hybridized carbons (Fsp3) is 0.478. The molecule has 3 rings (SSSR count). The number of piperidine rings is 1. The number of pyridine rings is 1.